The van der Waals surface area contributed by atoms with E-state index in [1.54, 1.807) is 42.5 Å². The average molecular weight is 498 g/mol. The maximum atomic E-state index is 12.5. The molecule has 7 heteroatoms. The molecule has 0 saturated carbocycles. The summed E-state index contributed by atoms with van der Waals surface area (Å²) in [6.45, 7) is 0.358. The highest BCUT2D eigenvalue weighted by atomic mass is 79.9. The van der Waals surface area contributed by atoms with Gasteiger partial charge in [-0.05, 0) is 42.0 Å². The first-order valence-electron chi connectivity index (χ1n) is 9.23. The molecule has 3 aromatic carbocycles. The molecule has 1 amide bonds. The smallest absolute Gasteiger partial charge is 0.266 e. The summed E-state index contributed by atoms with van der Waals surface area (Å²) in [6.07, 6.45) is 1.48. The van der Waals surface area contributed by atoms with E-state index in [4.69, 9.17) is 21.1 Å². The van der Waals surface area contributed by atoms with E-state index in [0.29, 0.717) is 34.4 Å². The molecule has 0 unspecified atom stereocenters. The molecule has 1 N–H and O–H groups in total. The molecule has 3 aromatic rings. The molecule has 0 bridgehead atoms. The van der Waals surface area contributed by atoms with E-state index in [0.717, 1.165) is 10.0 Å². The standard InChI is InChI=1S/C24H18BrClN2O3/c1-30-23-13-16(10-11-22(23)31-15-17-6-2-3-7-19(17)25)12-18(14-27)24(29)28-21-9-5-4-8-20(21)26/h2-13H,15H2,1H3,(H,28,29)/b18-12+. The molecule has 0 aliphatic carbocycles. The minimum Gasteiger partial charge on any atom is -0.493 e. The molecule has 0 heterocycles. The van der Waals surface area contributed by atoms with Gasteiger partial charge in [0, 0.05) is 10.0 Å². The van der Waals surface area contributed by atoms with Gasteiger partial charge in [-0.2, -0.15) is 5.26 Å². The maximum Gasteiger partial charge on any atom is 0.266 e. The Labute approximate surface area is 194 Å². The lowest BCUT2D eigenvalue weighted by molar-refractivity contribution is -0.112. The van der Waals surface area contributed by atoms with Crippen LogP contribution in [-0.4, -0.2) is 13.0 Å². The molecular formula is C24H18BrClN2O3. The van der Waals surface area contributed by atoms with Crippen molar-refractivity contribution in [3.8, 4) is 17.6 Å². The van der Waals surface area contributed by atoms with E-state index in [1.807, 2.05) is 30.3 Å². The Bertz CT molecular complexity index is 1170. The van der Waals surface area contributed by atoms with Crippen molar-refractivity contribution in [3.63, 3.8) is 0 Å². The molecule has 0 fully saturated rings. The highest BCUT2D eigenvalue weighted by molar-refractivity contribution is 9.10. The Balaban J connectivity index is 1.77. The zero-order chi connectivity index (χ0) is 22.2. The van der Waals surface area contributed by atoms with E-state index in [1.165, 1.54) is 13.2 Å². The molecule has 0 aliphatic rings. The molecular weight excluding hydrogens is 480 g/mol. The quantitative estimate of drug-likeness (QED) is 0.310. The number of carbonyl (C=O) groups is 1. The molecule has 31 heavy (non-hydrogen) atoms. The first-order chi connectivity index (χ1) is 15.0. The zero-order valence-electron chi connectivity index (χ0n) is 16.6. The number of carbonyl (C=O) groups excluding carboxylic acids is 1. The summed E-state index contributed by atoms with van der Waals surface area (Å²) in [7, 11) is 1.53. The van der Waals surface area contributed by atoms with Gasteiger partial charge in [0.2, 0.25) is 0 Å². The van der Waals surface area contributed by atoms with E-state index in [9.17, 15) is 10.1 Å². The highest BCUT2D eigenvalue weighted by Gasteiger charge is 2.13. The molecule has 0 atom stereocenters. The predicted molar refractivity (Wildman–Crippen MR) is 125 cm³/mol. The number of halogens is 2. The lowest BCUT2D eigenvalue weighted by Gasteiger charge is -2.12. The van der Waals surface area contributed by atoms with Gasteiger partial charge in [-0.25, -0.2) is 0 Å². The number of nitrogens with zero attached hydrogens (tertiary/aromatic N) is 1. The van der Waals surface area contributed by atoms with Gasteiger partial charge in [-0.15, -0.1) is 0 Å². The van der Waals surface area contributed by atoms with Gasteiger partial charge < -0.3 is 14.8 Å². The number of rotatable bonds is 7. The van der Waals surface area contributed by atoms with Gasteiger partial charge >= 0.3 is 0 Å². The van der Waals surface area contributed by atoms with E-state index in [2.05, 4.69) is 21.2 Å². The van der Waals surface area contributed by atoms with Gasteiger partial charge in [0.25, 0.3) is 5.91 Å². The monoisotopic (exact) mass is 496 g/mol. The van der Waals surface area contributed by atoms with Crippen LogP contribution in [0, 0.1) is 11.3 Å². The number of methoxy groups -OCH3 is 1. The van der Waals surface area contributed by atoms with Crippen LogP contribution in [0.1, 0.15) is 11.1 Å². The first kappa shape index (κ1) is 22.4. The van der Waals surface area contributed by atoms with Crippen molar-refractivity contribution in [2.75, 3.05) is 12.4 Å². The van der Waals surface area contributed by atoms with E-state index >= 15 is 0 Å². The van der Waals surface area contributed by atoms with Crippen LogP contribution < -0.4 is 14.8 Å². The fourth-order valence-corrected chi connectivity index (χ4v) is 3.31. The number of nitrogens with one attached hydrogen (secondary N) is 1. The summed E-state index contributed by atoms with van der Waals surface area (Å²) in [6, 6.07) is 21.7. The minimum atomic E-state index is -0.552. The van der Waals surface area contributed by atoms with Gasteiger partial charge in [0.05, 0.1) is 17.8 Å². The van der Waals surface area contributed by atoms with Crippen LogP contribution in [0.5, 0.6) is 11.5 Å². The van der Waals surface area contributed by atoms with Crippen LogP contribution in [-0.2, 0) is 11.4 Å². The van der Waals surface area contributed by atoms with Crippen molar-refractivity contribution in [3.05, 3.63) is 92.9 Å². The Hall–Kier alpha value is -3.27. The van der Waals surface area contributed by atoms with Crippen molar-refractivity contribution in [1.82, 2.24) is 0 Å². The average Bonchev–Trinajstić information content (AvgIpc) is 2.78. The molecule has 5 nitrogen and oxygen atoms in total. The van der Waals surface area contributed by atoms with Crippen LogP contribution >= 0.6 is 27.5 Å². The summed E-state index contributed by atoms with van der Waals surface area (Å²) in [5.74, 6) is 0.489. The van der Waals surface area contributed by atoms with E-state index in [-0.39, 0.29) is 5.57 Å². The lowest BCUT2D eigenvalue weighted by Crippen LogP contribution is -2.13. The first-order valence-corrected chi connectivity index (χ1v) is 10.4. The molecule has 156 valence electrons. The molecule has 0 saturated heterocycles. The lowest BCUT2D eigenvalue weighted by atomic mass is 10.1. The van der Waals surface area contributed by atoms with Crippen molar-refractivity contribution in [2.24, 2.45) is 0 Å². The summed E-state index contributed by atoms with van der Waals surface area (Å²) in [5, 5.41) is 12.5. The van der Waals surface area contributed by atoms with Crippen molar-refractivity contribution in [1.29, 1.82) is 5.26 Å². The topological polar surface area (TPSA) is 71.3 Å². The molecule has 3 rings (SSSR count). The Morgan fingerprint density at radius 2 is 1.87 bits per heavy atom. The van der Waals surface area contributed by atoms with Crippen molar-refractivity contribution >= 4 is 45.2 Å². The fourth-order valence-electron chi connectivity index (χ4n) is 2.73. The number of anilines is 1. The van der Waals surface area contributed by atoms with Crippen molar-refractivity contribution in [2.45, 2.75) is 6.61 Å². The van der Waals surface area contributed by atoms with Crippen LogP contribution in [0.3, 0.4) is 0 Å². The molecule has 0 aromatic heterocycles. The van der Waals surface area contributed by atoms with Crippen molar-refractivity contribution < 1.29 is 14.3 Å². The number of benzene rings is 3. The maximum absolute atomic E-state index is 12.5. The number of amides is 1. The Kier molecular flexibility index (Phi) is 7.71. The van der Waals surface area contributed by atoms with Gasteiger partial charge in [0.15, 0.2) is 11.5 Å². The van der Waals surface area contributed by atoms with E-state index < -0.39 is 5.91 Å². The second-order valence-corrected chi connectivity index (χ2v) is 7.66. The largest absolute Gasteiger partial charge is 0.493 e. The minimum absolute atomic E-state index is 0.0659. The van der Waals surface area contributed by atoms with Crippen LogP contribution in [0.25, 0.3) is 6.08 Å². The van der Waals surface area contributed by atoms with Gasteiger partial charge in [0.1, 0.15) is 18.2 Å². The number of para-hydroxylation sites is 1. The summed E-state index contributed by atoms with van der Waals surface area (Å²) >= 11 is 9.56. The summed E-state index contributed by atoms with van der Waals surface area (Å²) < 4.78 is 12.3. The summed E-state index contributed by atoms with van der Waals surface area (Å²) in [5.41, 5.74) is 1.99. The SMILES string of the molecule is COc1cc(/C=C(\C#N)C(=O)Nc2ccccc2Cl)ccc1OCc1ccccc1Br. The third kappa shape index (κ3) is 5.88. The Morgan fingerprint density at radius 1 is 1.13 bits per heavy atom. The zero-order valence-corrected chi connectivity index (χ0v) is 18.9. The van der Waals surface area contributed by atoms with Crippen LogP contribution in [0.15, 0.2) is 76.8 Å². The van der Waals surface area contributed by atoms with Gasteiger partial charge in [-0.1, -0.05) is 63.9 Å². The number of hydrogen-bond acceptors (Lipinski definition) is 4. The second-order valence-electron chi connectivity index (χ2n) is 6.39. The fraction of sp³-hybridized carbons (Fsp3) is 0.0833. The predicted octanol–water partition coefficient (Wildman–Crippen LogP) is 6.24. The number of ether oxygens (including phenoxy) is 2. The number of nitriles is 1. The molecule has 0 spiro atoms. The van der Waals surface area contributed by atoms with Crippen LogP contribution in [0.2, 0.25) is 5.02 Å². The van der Waals surface area contributed by atoms with Crippen LogP contribution in [0.4, 0.5) is 5.69 Å². The third-order valence-corrected chi connectivity index (χ3v) is 5.43. The summed E-state index contributed by atoms with van der Waals surface area (Å²) in [4.78, 5) is 12.5. The highest BCUT2D eigenvalue weighted by Crippen LogP contribution is 2.30. The van der Waals surface area contributed by atoms with Gasteiger partial charge in [-0.3, -0.25) is 4.79 Å². The Morgan fingerprint density at radius 3 is 2.58 bits per heavy atom. The normalized spacial score (nSPS) is 10.8. The number of hydrogen-bond donors (Lipinski definition) is 1. The third-order valence-electron chi connectivity index (χ3n) is 4.33. The molecule has 0 aliphatic heterocycles. The molecule has 0 radical (unpaired) electrons. The second kappa shape index (κ2) is 10.7.